The van der Waals surface area contributed by atoms with Crippen molar-refractivity contribution in [2.75, 3.05) is 20.3 Å². The van der Waals surface area contributed by atoms with Gasteiger partial charge >= 0.3 is 0 Å². The van der Waals surface area contributed by atoms with Crippen LogP contribution in [0, 0.1) is 10.1 Å². The van der Waals surface area contributed by atoms with Crippen molar-refractivity contribution >= 4 is 0 Å². The Labute approximate surface area is 66.1 Å². The zero-order valence-corrected chi connectivity index (χ0v) is 7.11. The van der Waals surface area contributed by atoms with E-state index in [1.807, 2.05) is 0 Å². The second-order valence-corrected chi connectivity index (χ2v) is 2.10. The topological polar surface area (TPSA) is 72.6 Å². The molecule has 0 fully saturated rings. The SMILES string of the molecule is CC(C)[N+](=O)[O-].COCCO. The van der Waals surface area contributed by atoms with Gasteiger partial charge in [-0.25, -0.2) is 0 Å². The molecule has 0 unspecified atom stereocenters. The van der Waals surface area contributed by atoms with E-state index in [2.05, 4.69) is 4.74 Å². The van der Waals surface area contributed by atoms with Gasteiger partial charge in [-0.2, -0.15) is 0 Å². The lowest BCUT2D eigenvalue weighted by molar-refractivity contribution is -0.513. The molecule has 0 radical (unpaired) electrons. The van der Waals surface area contributed by atoms with E-state index in [-0.39, 0.29) is 11.5 Å². The standard InChI is InChI=1S/C3H7NO2.C3H8O2/c1-3(2)4(5)6;1-5-3-2-4/h3H,1-2H3;4H,2-3H2,1H3. The summed E-state index contributed by atoms with van der Waals surface area (Å²) in [5.41, 5.74) is 0. The summed E-state index contributed by atoms with van der Waals surface area (Å²) < 4.78 is 4.44. The first-order valence-corrected chi connectivity index (χ1v) is 3.29. The third kappa shape index (κ3) is 17.6. The normalized spacial score (nSPS) is 8.82. The Balaban J connectivity index is 0. The Morgan fingerprint density at radius 2 is 2.00 bits per heavy atom. The summed E-state index contributed by atoms with van der Waals surface area (Å²) in [4.78, 5) is 9.17. The van der Waals surface area contributed by atoms with Gasteiger partial charge in [0.05, 0.1) is 13.2 Å². The van der Waals surface area contributed by atoms with Crippen LogP contribution in [0.2, 0.25) is 0 Å². The van der Waals surface area contributed by atoms with Crippen molar-refractivity contribution in [2.24, 2.45) is 0 Å². The van der Waals surface area contributed by atoms with Gasteiger partial charge in [0, 0.05) is 25.9 Å². The number of aliphatic hydroxyl groups excluding tert-OH is 1. The molecule has 5 heteroatoms. The minimum absolute atomic E-state index is 0.122. The Morgan fingerprint density at radius 1 is 1.64 bits per heavy atom. The molecule has 0 aliphatic heterocycles. The zero-order valence-electron chi connectivity index (χ0n) is 7.11. The van der Waals surface area contributed by atoms with Gasteiger partial charge in [0.15, 0.2) is 0 Å². The molecular weight excluding hydrogens is 150 g/mol. The number of nitro groups is 1. The smallest absolute Gasteiger partial charge is 0.207 e. The molecule has 0 amide bonds. The van der Waals surface area contributed by atoms with Crippen molar-refractivity contribution < 1.29 is 14.8 Å². The first-order chi connectivity index (χ1) is 5.06. The lowest BCUT2D eigenvalue weighted by Gasteiger charge is -1.88. The minimum Gasteiger partial charge on any atom is -0.394 e. The van der Waals surface area contributed by atoms with E-state index in [9.17, 15) is 10.1 Å². The molecule has 0 saturated heterocycles. The van der Waals surface area contributed by atoms with E-state index in [1.54, 1.807) is 21.0 Å². The highest BCUT2D eigenvalue weighted by Crippen LogP contribution is 1.79. The molecule has 0 saturated carbocycles. The minimum atomic E-state index is -0.426. The molecule has 0 bridgehead atoms. The van der Waals surface area contributed by atoms with Crippen molar-refractivity contribution in [3.05, 3.63) is 10.1 Å². The highest BCUT2D eigenvalue weighted by molar-refractivity contribution is 4.28. The second kappa shape index (κ2) is 9.32. The fourth-order valence-electron chi connectivity index (χ4n) is 0.0913. The summed E-state index contributed by atoms with van der Waals surface area (Å²) in [7, 11) is 1.55. The lowest BCUT2D eigenvalue weighted by Crippen LogP contribution is -2.08. The monoisotopic (exact) mass is 165 g/mol. The summed E-state index contributed by atoms with van der Waals surface area (Å²) in [6, 6.07) is -0.426. The molecule has 1 N–H and O–H groups in total. The van der Waals surface area contributed by atoms with Crippen LogP contribution in [-0.4, -0.2) is 36.4 Å². The molecule has 0 spiro atoms. The van der Waals surface area contributed by atoms with Gasteiger partial charge < -0.3 is 9.84 Å². The van der Waals surface area contributed by atoms with Crippen LogP contribution >= 0.6 is 0 Å². The van der Waals surface area contributed by atoms with Crippen molar-refractivity contribution in [3.8, 4) is 0 Å². The summed E-state index contributed by atoms with van der Waals surface area (Å²) in [6.07, 6.45) is 0. The van der Waals surface area contributed by atoms with E-state index in [0.29, 0.717) is 6.61 Å². The predicted molar refractivity (Wildman–Crippen MR) is 41.1 cm³/mol. The van der Waals surface area contributed by atoms with Gasteiger partial charge in [0.1, 0.15) is 0 Å². The van der Waals surface area contributed by atoms with Crippen molar-refractivity contribution in [3.63, 3.8) is 0 Å². The number of nitrogens with zero attached hydrogens (tertiary/aromatic N) is 1. The third-order valence-corrected chi connectivity index (χ3v) is 0.717. The molecule has 5 nitrogen and oxygen atoms in total. The Morgan fingerprint density at radius 3 is 2.00 bits per heavy atom. The van der Waals surface area contributed by atoms with Crippen LogP contribution in [0.15, 0.2) is 0 Å². The number of hydrogen-bond donors (Lipinski definition) is 1. The average molecular weight is 165 g/mol. The van der Waals surface area contributed by atoms with Gasteiger partial charge in [0.2, 0.25) is 6.04 Å². The first-order valence-electron chi connectivity index (χ1n) is 3.29. The molecule has 68 valence electrons. The van der Waals surface area contributed by atoms with Gasteiger partial charge in [-0.1, -0.05) is 0 Å². The van der Waals surface area contributed by atoms with Crippen LogP contribution in [0.5, 0.6) is 0 Å². The number of hydrogen-bond acceptors (Lipinski definition) is 4. The predicted octanol–water partition coefficient (Wildman–Crippen LogP) is 0.297. The lowest BCUT2D eigenvalue weighted by atomic mass is 10.4. The zero-order chi connectivity index (χ0) is 9.28. The fraction of sp³-hybridized carbons (Fsp3) is 1.00. The van der Waals surface area contributed by atoms with Crippen LogP contribution < -0.4 is 0 Å². The van der Waals surface area contributed by atoms with Crippen LogP contribution in [0.4, 0.5) is 0 Å². The largest absolute Gasteiger partial charge is 0.394 e. The molecule has 0 aromatic heterocycles. The molecule has 0 aliphatic carbocycles. The van der Waals surface area contributed by atoms with Crippen LogP contribution in [-0.2, 0) is 4.74 Å². The maximum Gasteiger partial charge on any atom is 0.207 e. The Bertz CT molecular complexity index is 92.6. The molecule has 11 heavy (non-hydrogen) atoms. The number of methoxy groups -OCH3 is 1. The van der Waals surface area contributed by atoms with E-state index >= 15 is 0 Å². The van der Waals surface area contributed by atoms with Crippen molar-refractivity contribution in [2.45, 2.75) is 19.9 Å². The third-order valence-electron chi connectivity index (χ3n) is 0.717. The molecule has 0 atom stereocenters. The van der Waals surface area contributed by atoms with Gasteiger partial charge in [-0.3, -0.25) is 10.1 Å². The van der Waals surface area contributed by atoms with Crippen LogP contribution in [0.25, 0.3) is 0 Å². The molecule has 0 heterocycles. The van der Waals surface area contributed by atoms with Crippen molar-refractivity contribution in [1.82, 2.24) is 0 Å². The van der Waals surface area contributed by atoms with Crippen molar-refractivity contribution in [1.29, 1.82) is 0 Å². The highest BCUT2D eigenvalue weighted by Gasteiger charge is 1.99. The quantitative estimate of drug-likeness (QED) is 0.482. The molecule has 0 aliphatic rings. The molecule has 0 aromatic rings. The summed E-state index contributed by atoms with van der Waals surface area (Å²) in [5, 5.41) is 17.4. The maximum atomic E-state index is 9.50. The number of rotatable bonds is 3. The van der Waals surface area contributed by atoms with Gasteiger partial charge in [-0.15, -0.1) is 0 Å². The van der Waals surface area contributed by atoms with E-state index in [0.717, 1.165) is 0 Å². The summed E-state index contributed by atoms with van der Waals surface area (Å²) >= 11 is 0. The van der Waals surface area contributed by atoms with E-state index < -0.39 is 6.04 Å². The van der Waals surface area contributed by atoms with Gasteiger partial charge in [-0.05, 0) is 0 Å². The molecule has 0 aromatic carbocycles. The molecule has 0 rings (SSSR count). The number of ether oxygens (including phenoxy) is 1. The summed E-state index contributed by atoms with van der Waals surface area (Å²) in [5.74, 6) is 0. The Kier molecular flexibility index (Phi) is 11.0. The molecular formula is C6H15NO4. The number of aliphatic hydroxyl groups is 1. The van der Waals surface area contributed by atoms with Crippen LogP contribution in [0.1, 0.15) is 13.8 Å². The second-order valence-electron chi connectivity index (χ2n) is 2.10. The van der Waals surface area contributed by atoms with Crippen LogP contribution in [0.3, 0.4) is 0 Å². The van der Waals surface area contributed by atoms with Gasteiger partial charge in [0.25, 0.3) is 0 Å². The fourth-order valence-corrected chi connectivity index (χ4v) is 0.0913. The first kappa shape index (κ1) is 12.9. The average Bonchev–Trinajstić information content (AvgIpc) is 1.90. The highest BCUT2D eigenvalue weighted by atomic mass is 16.6. The maximum absolute atomic E-state index is 9.50. The van der Waals surface area contributed by atoms with E-state index in [1.165, 1.54) is 0 Å². The summed E-state index contributed by atoms with van der Waals surface area (Å²) in [6.45, 7) is 3.65. The van der Waals surface area contributed by atoms with E-state index in [4.69, 9.17) is 5.11 Å². The Hall–Kier alpha value is -0.680.